The number of sulfonamides is 1. The smallest absolute Gasteiger partial charge is 0.243 e. The van der Waals surface area contributed by atoms with E-state index in [1.54, 1.807) is 0 Å². The average Bonchev–Trinajstić information content (AvgIpc) is 2.17. The van der Waals surface area contributed by atoms with Crippen molar-refractivity contribution < 1.29 is 8.42 Å². The summed E-state index contributed by atoms with van der Waals surface area (Å²) >= 11 is 5.79. The van der Waals surface area contributed by atoms with Gasteiger partial charge < -0.3 is 0 Å². The molecule has 1 aromatic heterocycles. The van der Waals surface area contributed by atoms with Gasteiger partial charge in [0.25, 0.3) is 0 Å². The van der Waals surface area contributed by atoms with Crippen LogP contribution in [0.5, 0.6) is 0 Å². The molecule has 1 heterocycles. The maximum Gasteiger partial charge on any atom is 0.243 e. The number of nitrogens with zero attached hydrogens (tertiary/aromatic N) is 1. The number of nitrogens with one attached hydrogen (secondary N) is 1. The largest absolute Gasteiger partial charge is 0.263 e. The van der Waals surface area contributed by atoms with Crippen LogP contribution in [-0.2, 0) is 10.0 Å². The number of aromatic nitrogens is 1. The van der Waals surface area contributed by atoms with E-state index in [0.29, 0.717) is 12.5 Å². The number of rotatable bonds is 5. The highest BCUT2D eigenvalue weighted by Crippen LogP contribution is 2.18. The highest BCUT2D eigenvalue weighted by Gasteiger charge is 2.17. The fraction of sp³-hybridized carbons (Fsp3) is 0.500. The maximum atomic E-state index is 11.8. The van der Waals surface area contributed by atoms with Crippen LogP contribution in [-0.4, -0.2) is 19.9 Å². The van der Waals surface area contributed by atoms with Crippen molar-refractivity contribution in [1.82, 2.24) is 9.71 Å². The Morgan fingerprint density at radius 2 is 2.19 bits per heavy atom. The molecular formula is C10H15ClN2O2S. The lowest BCUT2D eigenvalue weighted by atomic mass is 10.1. The van der Waals surface area contributed by atoms with Crippen LogP contribution < -0.4 is 4.72 Å². The van der Waals surface area contributed by atoms with Gasteiger partial charge in [0.2, 0.25) is 10.0 Å². The molecule has 0 aliphatic heterocycles. The molecule has 0 radical (unpaired) electrons. The van der Waals surface area contributed by atoms with Crippen molar-refractivity contribution in [3.8, 4) is 0 Å². The second-order valence-electron chi connectivity index (χ2n) is 3.89. The van der Waals surface area contributed by atoms with Crippen molar-refractivity contribution in [3.05, 3.63) is 23.5 Å². The minimum Gasteiger partial charge on any atom is -0.263 e. The van der Waals surface area contributed by atoms with E-state index in [2.05, 4.69) is 9.71 Å². The van der Waals surface area contributed by atoms with Crippen LogP contribution in [0.4, 0.5) is 0 Å². The monoisotopic (exact) mass is 262 g/mol. The first-order chi connectivity index (χ1) is 7.43. The topological polar surface area (TPSA) is 59.1 Å². The van der Waals surface area contributed by atoms with E-state index in [4.69, 9.17) is 11.6 Å². The second kappa shape index (κ2) is 5.61. The summed E-state index contributed by atoms with van der Waals surface area (Å²) in [4.78, 5) is 3.78. The normalized spacial score (nSPS) is 12.0. The second-order valence-corrected chi connectivity index (χ2v) is 6.03. The lowest BCUT2D eigenvalue weighted by Crippen LogP contribution is -2.26. The van der Waals surface area contributed by atoms with E-state index in [1.807, 2.05) is 13.8 Å². The molecule has 0 unspecified atom stereocenters. The molecule has 0 aliphatic rings. The van der Waals surface area contributed by atoms with E-state index in [0.717, 1.165) is 6.42 Å². The SMILES string of the molecule is CC(C)CCNS(=O)(=O)c1cnccc1Cl. The predicted octanol–water partition coefficient (Wildman–Crippen LogP) is 2.06. The van der Waals surface area contributed by atoms with Crippen LogP contribution in [0.3, 0.4) is 0 Å². The fourth-order valence-electron chi connectivity index (χ4n) is 1.12. The molecule has 1 aromatic rings. The van der Waals surface area contributed by atoms with Gasteiger partial charge in [-0.3, -0.25) is 4.98 Å². The minimum atomic E-state index is -3.53. The number of hydrogen-bond acceptors (Lipinski definition) is 3. The highest BCUT2D eigenvalue weighted by atomic mass is 35.5. The summed E-state index contributed by atoms with van der Waals surface area (Å²) in [5, 5.41) is 0.187. The number of hydrogen-bond donors (Lipinski definition) is 1. The summed E-state index contributed by atoms with van der Waals surface area (Å²) in [5.41, 5.74) is 0. The summed E-state index contributed by atoms with van der Waals surface area (Å²) in [5.74, 6) is 0.451. The molecular weight excluding hydrogens is 248 g/mol. The van der Waals surface area contributed by atoms with Gasteiger partial charge in [0.05, 0.1) is 5.02 Å². The van der Waals surface area contributed by atoms with E-state index < -0.39 is 10.0 Å². The highest BCUT2D eigenvalue weighted by molar-refractivity contribution is 7.89. The molecule has 90 valence electrons. The van der Waals surface area contributed by atoms with Gasteiger partial charge in [-0.15, -0.1) is 0 Å². The van der Waals surface area contributed by atoms with Gasteiger partial charge in [-0.25, -0.2) is 13.1 Å². The lowest BCUT2D eigenvalue weighted by molar-refractivity contribution is 0.551. The third-order valence-corrected chi connectivity index (χ3v) is 3.97. The van der Waals surface area contributed by atoms with Gasteiger partial charge in [-0.05, 0) is 18.4 Å². The molecule has 0 aromatic carbocycles. The fourth-order valence-corrected chi connectivity index (χ4v) is 2.60. The van der Waals surface area contributed by atoms with Crippen molar-refractivity contribution >= 4 is 21.6 Å². The molecule has 6 heteroatoms. The Morgan fingerprint density at radius 1 is 1.50 bits per heavy atom. The first-order valence-electron chi connectivity index (χ1n) is 5.02. The molecule has 0 spiro atoms. The Hall–Kier alpha value is -0.650. The average molecular weight is 263 g/mol. The van der Waals surface area contributed by atoms with Crippen LogP contribution in [0.25, 0.3) is 0 Å². The first kappa shape index (κ1) is 13.4. The summed E-state index contributed by atoms with van der Waals surface area (Å²) in [6.45, 7) is 4.47. The van der Waals surface area contributed by atoms with Gasteiger partial charge in [-0.1, -0.05) is 25.4 Å². The van der Waals surface area contributed by atoms with Crippen molar-refractivity contribution in [1.29, 1.82) is 0 Å². The van der Waals surface area contributed by atoms with Crippen molar-refractivity contribution in [2.24, 2.45) is 5.92 Å². The molecule has 16 heavy (non-hydrogen) atoms. The Labute approximate surface area is 101 Å². The molecule has 0 aliphatic carbocycles. The molecule has 0 atom stereocenters. The van der Waals surface area contributed by atoms with E-state index in [9.17, 15) is 8.42 Å². The summed E-state index contributed by atoms with van der Waals surface area (Å²) in [6.07, 6.45) is 3.49. The first-order valence-corrected chi connectivity index (χ1v) is 6.89. The molecule has 0 fully saturated rings. The van der Waals surface area contributed by atoms with Gasteiger partial charge in [0.1, 0.15) is 4.90 Å². The van der Waals surface area contributed by atoms with Crippen molar-refractivity contribution in [3.63, 3.8) is 0 Å². The maximum absolute atomic E-state index is 11.8. The van der Waals surface area contributed by atoms with Crippen molar-refractivity contribution in [2.45, 2.75) is 25.2 Å². The van der Waals surface area contributed by atoms with Gasteiger partial charge in [0, 0.05) is 18.9 Å². The van der Waals surface area contributed by atoms with Crippen LogP contribution in [0, 0.1) is 5.92 Å². The third-order valence-electron chi connectivity index (χ3n) is 2.04. The van der Waals surface area contributed by atoms with Gasteiger partial charge in [0.15, 0.2) is 0 Å². The Kier molecular flexibility index (Phi) is 4.70. The zero-order valence-electron chi connectivity index (χ0n) is 9.27. The summed E-state index contributed by atoms with van der Waals surface area (Å²) in [6, 6.07) is 1.46. The van der Waals surface area contributed by atoms with E-state index >= 15 is 0 Å². The lowest BCUT2D eigenvalue weighted by Gasteiger charge is -2.08. The van der Waals surface area contributed by atoms with Crippen LogP contribution in [0.1, 0.15) is 20.3 Å². The number of halogens is 1. The van der Waals surface area contributed by atoms with E-state index in [1.165, 1.54) is 18.5 Å². The molecule has 4 nitrogen and oxygen atoms in total. The van der Waals surface area contributed by atoms with Gasteiger partial charge >= 0.3 is 0 Å². The molecule has 0 bridgehead atoms. The Bertz CT molecular complexity index is 446. The predicted molar refractivity (Wildman–Crippen MR) is 63.9 cm³/mol. The van der Waals surface area contributed by atoms with E-state index in [-0.39, 0.29) is 9.92 Å². The summed E-state index contributed by atoms with van der Waals surface area (Å²) in [7, 11) is -3.53. The quantitative estimate of drug-likeness (QED) is 0.884. The Balaban J connectivity index is 2.75. The van der Waals surface area contributed by atoms with Crippen molar-refractivity contribution in [2.75, 3.05) is 6.54 Å². The molecule has 0 saturated carbocycles. The molecule has 0 saturated heterocycles. The Morgan fingerprint density at radius 3 is 2.75 bits per heavy atom. The summed E-state index contributed by atoms with van der Waals surface area (Å²) < 4.78 is 26.1. The van der Waals surface area contributed by atoms with Gasteiger partial charge in [-0.2, -0.15) is 0 Å². The van der Waals surface area contributed by atoms with Crippen LogP contribution in [0.2, 0.25) is 5.02 Å². The third kappa shape index (κ3) is 3.73. The number of pyridine rings is 1. The zero-order chi connectivity index (χ0) is 12.2. The molecule has 1 N–H and O–H groups in total. The van der Waals surface area contributed by atoms with Crippen LogP contribution in [0.15, 0.2) is 23.4 Å². The molecule has 0 amide bonds. The zero-order valence-corrected chi connectivity index (χ0v) is 10.8. The minimum absolute atomic E-state index is 0.0282. The molecule has 1 rings (SSSR count). The van der Waals surface area contributed by atoms with Crippen LogP contribution >= 0.6 is 11.6 Å². The standard InChI is InChI=1S/C10H15ClN2O2S/c1-8(2)3-6-13-16(14,15)10-7-12-5-4-9(10)11/h4-5,7-8,13H,3,6H2,1-2H3.